The first kappa shape index (κ1) is 12.6. The van der Waals surface area contributed by atoms with Gasteiger partial charge in [0.25, 0.3) is 0 Å². The molecule has 0 amide bonds. The Morgan fingerprint density at radius 2 is 2.12 bits per heavy atom. The second-order valence-corrected chi connectivity index (χ2v) is 7.00. The van der Waals surface area contributed by atoms with Crippen molar-refractivity contribution >= 4 is 9.84 Å². The van der Waals surface area contributed by atoms with Crippen molar-refractivity contribution in [3.8, 4) is 0 Å². The zero-order chi connectivity index (χ0) is 12.5. The third-order valence-electron chi connectivity index (χ3n) is 3.41. The van der Waals surface area contributed by atoms with Gasteiger partial charge in [-0.3, -0.25) is 0 Å². The zero-order valence-corrected chi connectivity index (χ0v) is 10.9. The zero-order valence-electron chi connectivity index (χ0n) is 10.1. The Morgan fingerprint density at radius 1 is 1.41 bits per heavy atom. The van der Waals surface area contributed by atoms with E-state index >= 15 is 0 Å². The molecule has 1 aromatic rings. The van der Waals surface area contributed by atoms with Crippen LogP contribution in [0.2, 0.25) is 0 Å². The van der Waals surface area contributed by atoms with Gasteiger partial charge in [0, 0.05) is 12.0 Å². The molecule has 0 heterocycles. The lowest BCUT2D eigenvalue weighted by atomic mass is 9.79. The van der Waals surface area contributed by atoms with Crippen molar-refractivity contribution in [1.29, 1.82) is 0 Å². The van der Waals surface area contributed by atoms with Crippen LogP contribution in [-0.4, -0.2) is 26.0 Å². The summed E-state index contributed by atoms with van der Waals surface area (Å²) in [6.45, 7) is 1.92. The van der Waals surface area contributed by atoms with Gasteiger partial charge in [0.2, 0.25) is 0 Å². The van der Waals surface area contributed by atoms with Crippen LogP contribution in [0.4, 0.5) is 0 Å². The first-order valence-electron chi connectivity index (χ1n) is 6.05. The highest BCUT2D eigenvalue weighted by Gasteiger charge is 2.30. The van der Waals surface area contributed by atoms with Gasteiger partial charge in [-0.15, -0.1) is 0 Å². The first-order valence-corrected chi connectivity index (χ1v) is 7.88. The van der Waals surface area contributed by atoms with E-state index in [9.17, 15) is 8.42 Å². The van der Waals surface area contributed by atoms with Gasteiger partial charge in [-0.2, -0.15) is 0 Å². The van der Waals surface area contributed by atoms with Gasteiger partial charge in [0.05, 0.1) is 11.5 Å². The molecular weight excluding hydrogens is 234 g/mol. The average Bonchev–Trinajstić information content (AvgIpc) is 2.25. The number of benzene rings is 1. The van der Waals surface area contributed by atoms with Gasteiger partial charge in [-0.25, -0.2) is 8.42 Å². The Balaban J connectivity index is 2.00. The summed E-state index contributed by atoms with van der Waals surface area (Å²) in [6.07, 6.45) is 1.59. The lowest BCUT2D eigenvalue weighted by molar-refractivity contribution is 0.567. The van der Waals surface area contributed by atoms with E-state index in [2.05, 4.69) is 6.07 Å². The van der Waals surface area contributed by atoms with E-state index in [1.165, 1.54) is 11.1 Å². The summed E-state index contributed by atoms with van der Waals surface area (Å²) >= 11 is 0. The van der Waals surface area contributed by atoms with E-state index in [0.29, 0.717) is 6.42 Å². The van der Waals surface area contributed by atoms with Gasteiger partial charge in [-0.05, 0) is 24.0 Å². The highest BCUT2D eigenvalue weighted by atomic mass is 32.2. The van der Waals surface area contributed by atoms with Crippen LogP contribution in [-0.2, 0) is 16.3 Å². The van der Waals surface area contributed by atoms with E-state index in [0.717, 1.165) is 6.42 Å². The molecular formula is C13H19NO2S. The Morgan fingerprint density at radius 3 is 2.76 bits per heavy atom. The summed E-state index contributed by atoms with van der Waals surface area (Å²) in [5.41, 5.74) is 8.19. The molecule has 17 heavy (non-hydrogen) atoms. The summed E-state index contributed by atoms with van der Waals surface area (Å²) in [5.74, 6) is 0.542. The molecule has 4 heteroatoms. The topological polar surface area (TPSA) is 60.2 Å². The number of hydrogen-bond acceptors (Lipinski definition) is 3. The Kier molecular flexibility index (Phi) is 3.54. The molecule has 2 atom stereocenters. The Hall–Kier alpha value is -0.870. The van der Waals surface area contributed by atoms with Crippen molar-refractivity contribution in [2.24, 2.45) is 5.73 Å². The van der Waals surface area contributed by atoms with Gasteiger partial charge in [-0.1, -0.05) is 31.2 Å². The molecule has 0 saturated heterocycles. The van der Waals surface area contributed by atoms with Gasteiger partial charge in [0.1, 0.15) is 0 Å². The maximum atomic E-state index is 11.9. The van der Waals surface area contributed by atoms with Crippen molar-refractivity contribution in [1.82, 2.24) is 0 Å². The minimum absolute atomic E-state index is 0.113. The molecule has 0 saturated carbocycles. The fourth-order valence-corrected chi connectivity index (χ4v) is 4.26. The quantitative estimate of drug-likeness (QED) is 0.864. The average molecular weight is 253 g/mol. The van der Waals surface area contributed by atoms with E-state index in [-0.39, 0.29) is 23.5 Å². The molecule has 3 nitrogen and oxygen atoms in total. The monoisotopic (exact) mass is 253 g/mol. The van der Waals surface area contributed by atoms with E-state index < -0.39 is 9.84 Å². The first-order chi connectivity index (χ1) is 8.02. The molecule has 0 radical (unpaired) electrons. The standard InChI is InChI=1S/C13H19NO2S/c1-2-12(14)9-17(15,16)8-11-7-10-5-3-4-6-13(10)11/h3-6,11-12H,2,7-9,14H2,1H3. The molecule has 1 aliphatic rings. The van der Waals surface area contributed by atoms with Crippen LogP contribution in [0.15, 0.2) is 24.3 Å². The van der Waals surface area contributed by atoms with E-state index in [1.54, 1.807) is 0 Å². The summed E-state index contributed by atoms with van der Waals surface area (Å²) in [4.78, 5) is 0. The third-order valence-corrected chi connectivity index (χ3v) is 5.25. The highest BCUT2D eigenvalue weighted by molar-refractivity contribution is 7.91. The van der Waals surface area contributed by atoms with Crippen molar-refractivity contribution in [2.75, 3.05) is 11.5 Å². The molecule has 0 aliphatic heterocycles. The van der Waals surface area contributed by atoms with E-state index in [1.807, 2.05) is 25.1 Å². The van der Waals surface area contributed by atoms with Crippen LogP contribution in [0.25, 0.3) is 0 Å². The van der Waals surface area contributed by atoms with Crippen LogP contribution < -0.4 is 5.73 Å². The van der Waals surface area contributed by atoms with Crippen molar-refractivity contribution in [3.63, 3.8) is 0 Å². The van der Waals surface area contributed by atoms with Crippen LogP contribution in [0.5, 0.6) is 0 Å². The van der Waals surface area contributed by atoms with E-state index in [4.69, 9.17) is 5.73 Å². The normalized spacial score (nSPS) is 20.5. The van der Waals surface area contributed by atoms with Crippen LogP contribution in [0, 0.1) is 0 Å². The molecule has 1 aromatic carbocycles. The smallest absolute Gasteiger partial charge is 0.152 e. The number of sulfone groups is 1. The number of fused-ring (bicyclic) bond motifs is 1. The molecule has 0 spiro atoms. The lowest BCUT2D eigenvalue weighted by Crippen LogP contribution is -2.33. The third kappa shape index (κ3) is 2.87. The Bertz CT molecular complexity index is 496. The largest absolute Gasteiger partial charge is 0.327 e. The molecule has 94 valence electrons. The predicted octanol–water partition coefficient (Wildman–Crippen LogP) is 1.48. The van der Waals surface area contributed by atoms with Gasteiger partial charge < -0.3 is 5.73 Å². The molecule has 2 unspecified atom stereocenters. The number of rotatable bonds is 5. The summed E-state index contributed by atoms with van der Waals surface area (Å²) < 4.78 is 23.9. The molecule has 0 bridgehead atoms. The van der Waals surface area contributed by atoms with Crippen LogP contribution in [0.1, 0.15) is 30.4 Å². The SMILES string of the molecule is CCC(N)CS(=O)(=O)CC1Cc2ccccc21. The van der Waals surface area contributed by atoms with Crippen LogP contribution in [0.3, 0.4) is 0 Å². The van der Waals surface area contributed by atoms with Gasteiger partial charge in [0.15, 0.2) is 9.84 Å². The minimum Gasteiger partial charge on any atom is -0.327 e. The maximum absolute atomic E-state index is 11.9. The number of hydrogen-bond donors (Lipinski definition) is 1. The van der Waals surface area contributed by atoms with Crippen molar-refractivity contribution in [3.05, 3.63) is 35.4 Å². The molecule has 2 rings (SSSR count). The fraction of sp³-hybridized carbons (Fsp3) is 0.538. The van der Waals surface area contributed by atoms with Gasteiger partial charge >= 0.3 is 0 Å². The Labute approximate surface area is 103 Å². The molecule has 2 N–H and O–H groups in total. The van der Waals surface area contributed by atoms with Crippen molar-refractivity contribution < 1.29 is 8.42 Å². The maximum Gasteiger partial charge on any atom is 0.152 e. The summed E-state index contributed by atoms with van der Waals surface area (Å²) in [6, 6.07) is 7.83. The molecule has 0 fully saturated rings. The molecule has 1 aliphatic carbocycles. The summed E-state index contributed by atoms with van der Waals surface area (Å²) in [5, 5.41) is 0. The summed E-state index contributed by atoms with van der Waals surface area (Å²) in [7, 11) is -3.02. The second-order valence-electron chi connectivity index (χ2n) is 4.85. The second kappa shape index (κ2) is 4.78. The highest BCUT2D eigenvalue weighted by Crippen LogP contribution is 2.35. The fourth-order valence-electron chi connectivity index (χ4n) is 2.33. The predicted molar refractivity (Wildman–Crippen MR) is 69.8 cm³/mol. The lowest BCUT2D eigenvalue weighted by Gasteiger charge is -2.30. The minimum atomic E-state index is -3.02. The van der Waals surface area contributed by atoms with Crippen LogP contribution >= 0.6 is 0 Å². The number of nitrogens with two attached hydrogens (primary N) is 1. The van der Waals surface area contributed by atoms with Crippen molar-refractivity contribution in [2.45, 2.75) is 31.7 Å². The molecule has 0 aromatic heterocycles.